The topological polar surface area (TPSA) is 29.9 Å². The van der Waals surface area contributed by atoms with Crippen molar-refractivity contribution < 1.29 is 4.39 Å². The summed E-state index contributed by atoms with van der Waals surface area (Å²) in [5.41, 5.74) is 0. The van der Waals surface area contributed by atoms with Gasteiger partial charge in [-0.15, -0.1) is 0 Å². The lowest BCUT2D eigenvalue weighted by Gasteiger charge is -2.15. The van der Waals surface area contributed by atoms with Crippen molar-refractivity contribution >= 4 is 0 Å². The molecule has 1 aliphatic rings. The molecular formula is C11H18FN3. The van der Waals surface area contributed by atoms with Gasteiger partial charge in [-0.05, 0) is 26.3 Å². The van der Waals surface area contributed by atoms with Gasteiger partial charge in [-0.1, -0.05) is 0 Å². The Bertz CT molecular complexity index is 305. The van der Waals surface area contributed by atoms with Gasteiger partial charge < -0.3 is 9.88 Å². The van der Waals surface area contributed by atoms with Crippen molar-refractivity contribution in [3.8, 4) is 0 Å². The highest BCUT2D eigenvalue weighted by Crippen LogP contribution is 2.15. The molecule has 4 heteroatoms. The first-order valence-corrected chi connectivity index (χ1v) is 5.68. The summed E-state index contributed by atoms with van der Waals surface area (Å²) in [6.07, 6.45) is 5.32. The Labute approximate surface area is 89.7 Å². The maximum Gasteiger partial charge on any atom is 0.122 e. The van der Waals surface area contributed by atoms with Crippen LogP contribution in [0.5, 0.6) is 0 Å². The van der Waals surface area contributed by atoms with E-state index in [2.05, 4.69) is 10.3 Å². The number of aryl methyl sites for hydroxylation is 1. The minimum atomic E-state index is -0.805. The van der Waals surface area contributed by atoms with Crippen LogP contribution >= 0.6 is 0 Å². The number of nitrogens with zero attached hydrogens (tertiary/aromatic N) is 2. The molecule has 0 spiro atoms. The van der Waals surface area contributed by atoms with Gasteiger partial charge in [0.2, 0.25) is 0 Å². The summed E-state index contributed by atoms with van der Waals surface area (Å²) < 4.78 is 15.9. The van der Waals surface area contributed by atoms with Crippen LogP contribution < -0.4 is 5.32 Å². The molecule has 2 atom stereocenters. The van der Waals surface area contributed by atoms with E-state index in [0.717, 1.165) is 31.8 Å². The number of hydrogen-bond donors (Lipinski definition) is 1. The molecule has 2 rings (SSSR count). The third-order valence-electron chi connectivity index (χ3n) is 3.06. The number of rotatable bonds is 4. The molecule has 1 fully saturated rings. The molecule has 0 bridgehead atoms. The van der Waals surface area contributed by atoms with Crippen LogP contribution in [0.1, 0.15) is 25.6 Å². The lowest BCUT2D eigenvalue weighted by Crippen LogP contribution is -2.33. The minimum Gasteiger partial charge on any atom is -0.335 e. The van der Waals surface area contributed by atoms with Crippen LogP contribution in [0.3, 0.4) is 0 Å². The van der Waals surface area contributed by atoms with Gasteiger partial charge in [0.05, 0.1) is 0 Å². The van der Waals surface area contributed by atoms with Crippen molar-refractivity contribution in [3.63, 3.8) is 0 Å². The fourth-order valence-electron chi connectivity index (χ4n) is 2.15. The first-order chi connectivity index (χ1) is 7.31. The summed E-state index contributed by atoms with van der Waals surface area (Å²) >= 11 is 0. The molecule has 1 aromatic heterocycles. The molecule has 1 N–H and O–H groups in total. The van der Waals surface area contributed by atoms with E-state index in [1.807, 2.05) is 17.7 Å². The molecule has 15 heavy (non-hydrogen) atoms. The van der Waals surface area contributed by atoms with Gasteiger partial charge in [0.25, 0.3) is 0 Å². The van der Waals surface area contributed by atoms with Gasteiger partial charge in [0.1, 0.15) is 12.0 Å². The lowest BCUT2D eigenvalue weighted by atomic mass is 10.1. The van der Waals surface area contributed by atoms with Crippen molar-refractivity contribution in [2.24, 2.45) is 0 Å². The van der Waals surface area contributed by atoms with Crippen molar-refractivity contribution in [1.29, 1.82) is 0 Å². The second-order valence-corrected chi connectivity index (χ2v) is 4.05. The Morgan fingerprint density at radius 2 is 2.60 bits per heavy atom. The van der Waals surface area contributed by atoms with Crippen LogP contribution in [-0.2, 0) is 13.0 Å². The van der Waals surface area contributed by atoms with Crippen LogP contribution in [0.25, 0.3) is 0 Å². The molecular weight excluding hydrogens is 193 g/mol. The molecule has 84 valence electrons. The third-order valence-corrected chi connectivity index (χ3v) is 3.06. The minimum absolute atomic E-state index is 0.0343. The van der Waals surface area contributed by atoms with Crippen molar-refractivity contribution in [3.05, 3.63) is 18.2 Å². The van der Waals surface area contributed by atoms with Gasteiger partial charge in [-0.3, -0.25) is 0 Å². The van der Waals surface area contributed by atoms with Gasteiger partial charge in [-0.25, -0.2) is 9.37 Å². The molecule has 0 saturated carbocycles. The first kappa shape index (κ1) is 10.6. The largest absolute Gasteiger partial charge is 0.335 e. The van der Waals surface area contributed by atoms with Crippen molar-refractivity contribution in [1.82, 2.24) is 14.9 Å². The average Bonchev–Trinajstić information content (AvgIpc) is 2.87. The summed E-state index contributed by atoms with van der Waals surface area (Å²) in [4.78, 5) is 4.19. The van der Waals surface area contributed by atoms with Crippen LogP contribution in [0.4, 0.5) is 4.39 Å². The molecule has 0 aliphatic carbocycles. The number of alkyl halides is 1. The highest BCUT2D eigenvalue weighted by Gasteiger charge is 2.25. The van der Waals surface area contributed by atoms with Crippen LogP contribution in [0, 0.1) is 0 Å². The molecule has 0 amide bonds. The maximum absolute atomic E-state index is 13.9. The predicted octanol–water partition coefficient (Wildman–Crippen LogP) is 1.54. The standard InChI is InChI=1S/C11H18FN3/c1-2-15-7-6-14-11(15)8-9(12)10-4-3-5-13-10/h6-7,9-10,13H,2-5,8H2,1H3. The molecule has 1 aliphatic heterocycles. The zero-order valence-corrected chi connectivity index (χ0v) is 9.12. The molecule has 2 unspecified atom stereocenters. The van der Waals surface area contributed by atoms with Crippen LogP contribution in [0.15, 0.2) is 12.4 Å². The summed E-state index contributed by atoms with van der Waals surface area (Å²) in [6, 6.07) is 0.0343. The number of hydrogen-bond acceptors (Lipinski definition) is 2. The van der Waals surface area contributed by atoms with E-state index in [9.17, 15) is 4.39 Å². The van der Waals surface area contributed by atoms with Crippen molar-refractivity contribution in [2.45, 2.75) is 44.9 Å². The molecule has 2 heterocycles. The monoisotopic (exact) mass is 211 g/mol. The van der Waals surface area contributed by atoms with E-state index >= 15 is 0 Å². The van der Waals surface area contributed by atoms with Crippen LogP contribution in [0.2, 0.25) is 0 Å². The maximum atomic E-state index is 13.9. The smallest absolute Gasteiger partial charge is 0.122 e. The van der Waals surface area contributed by atoms with Gasteiger partial charge in [0, 0.05) is 31.4 Å². The second kappa shape index (κ2) is 4.75. The number of aromatic nitrogens is 2. The fraction of sp³-hybridized carbons (Fsp3) is 0.727. The fourth-order valence-corrected chi connectivity index (χ4v) is 2.15. The average molecular weight is 211 g/mol. The Kier molecular flexibility index (Phi) is 3.36. The Hall–Kier alpha value is -0.900. The highest BCUT2D eigenvalue weighted by molar-refractivity contribution is 4.97. The summed E-state index contributed by atoms with van der Waals surface area (Å²) in [5, 5.41) is 3.19. The molecule has 3 nitrogen and oxygen atoms in total. The molecule has 1 saturated heterocycles. The first-order valence-electron chi connectivity index (χ1n) is 5.68. The van der Waals surface area contributed by atoms with Gasteiger partial charge in [0.15, 0.2) is 0 Å². The third kappa shape index (κ3) is 2.37. The van der Waals surface area contributed by atoms with E-state index in [-0.39, 0.29) is 6.04 Å². The Morgan fingerprint density at radius 3 is 3.27 bits per heavy atom. The van der Waals surface area contributed by atoms with E-state index in [1.165, 1.54) is 0 Å². The highest BCUT2D eigenvalue weighted by atomic mass is 19.1. The SMILES string of the molecule is CCn1ccnc1CC(F)C1CCCN1. The molecule has 0 radical (unpaired) electrons. The van der Waals surface area contributed by atoms with E-state index in [4.69, 9.17) is 0 Å². The summed E-state index contributed by atoms with van der Waals surface area (Å²) in [5.74, 6) is 0.860. The zero-order chi connectivity index (χ0) is 10.7. The Balaban J connectivity index is 1.95. The number of imidazole rings is 1. The van der Waals surface area contributed by atoms with E-state index in [0.29, 0.717) is 6.42 Å². The van der Waals surface area contributed by atoms with Crippen LogP contribution in [-0.4, -0.2) is 28.3 Å². The van der Waals surface area contributed by atoms with Crippen molar-refractivity contribution in [2.75, 3.05) is 6.54 Å². The van der Waals surface area contributed by atoms with Gasteiger partial charge in [-0.2, -0.15) is 0 Å². The second-order valence-electron chi connectivity index (χ2n) is 4.05. The molecule has 1 aromatic rings. The zero-order valence-electron chi connectivity index (χ0n) is 9.12. The molecule has 0 aromatic carbocycles. The number of nitrogens with one attached hydrogen (secondary N) is 1. The quantitative estimate of drug-likeness (QED) is 0.818. The summed E-state index contributed by atoms with van der Waals surface area (Å²) in [7, 11) is 0. The van der Waals surface area contributed by atoms with E-state index < -0.39 is 6.17 Å². The normalized spacial score (nSPS) is 23.2. The predicted molar refractivity (Wildman–Crippen MR) is 57.5 cm³/mol. The Morgan fingerprint density at radius 1 is 1.73 bits per heavy atom. The number of halogens is 1. The summed E-state index contributed by atoms with van der Waals surface area (Å²) in [6.45, 7) is 3.86. The van der Waals surface area contributed by atoms with E-state index in [1.54, 1.807) is 6.20 Å². The van der Waals surface area contributed by atoms with Gasteiger partial charge >= 0.3 is 0 Å². The lowest BCUT2D eigenvalue weighted by molar-refractivity contribution is 0.258.